The molecule has 0 aliphatic heterocycles. The molecule has 2 aromatic rings. The maximum absolute atomic E-state index is 12.1. The topological polar surface area (TPSA) is 88.9 Å². The van der Waals surface area contributed by atoms with Crippen molar-refractivity contribution in [1.82, 2.24) is 19.5 Å². The first kappa shape index (κ1) is 15.0. The van der Waals surface area contributed by atoms with E-state index in [1.165, 1.54) is 6.20 Å². The Bertz CT molecular complexity index is 693. The molecule has 0 amide bonds. The van der Waals surface area contributed by atoms with Crippen molar-refractivity contribution in [2.24, 2.45) is 5.92 Å². The summed E-state index contributed by atoms with van der Waals surface area (Å²) < 4.78 is 28.6. The van der Waals surface area contributed by atoms with Gasteiger partial charge in [-0.05, 0) is 37.0 Å². The van der Waals surface area contributed by atoms with Crippen molar-refractivity contribution in [2.75, 3.05) is 18.4 Å². The first-order chi connectivity index (χ1) is 10.6. The Morgan fingerprint density at radius 2 is 2.18 bits per heavy atom. The number of rotatable bonds is 8. The summed E-state index contributed by atoms with van der Waals surface area (Å²) in [4.78, 5) is 4.35. The lowest BCUT2D eigenvalue weighted by atomic mass is 10.4. The van der Waals surface area contributed by atoms with Gasteiger partial charge in [0.25, 0.3) is 0 Å². The van der Waals surface area contributed by atoms with Crippen LogP contribution in [0.3, 0.4) is 0 Å². The van der Waals surface area contributed by atoms with Crippen LogP contribution in [0, 0.1) is 5.92 Å². The minimum atomic E-state index is -3.44. The third-order valence-corrected chi connectivity index (χ3v) is 4.92. The van der Waals surface area contributed by atoms with Crippen LogP contribution in [0.2, 0.25) is 0 Å². The summed E-state index contributed by atoms with van der Waals surface area (Å²) in [5.41, 5.74) is 0. The van der Waals surface area contributed by atoms with Crippen LogP contribution in [-0.2, 0) is 16.6 Å². The predicted octanol–water partition coefficient (Wildman–Crippen LogP) is 1.08. The van der Waals surface area contributed by atoms with Crippen molar-refractivity contribution in [3.8, 4) is 0 Å². The maximum Gasteiger partial charge on any atom is 0.242 e. The van der Waals surface area contributed by atoms with Gasteiger partial charge in [-0.1, -0.05) is 0 Å². The van der Waals surface area contributed by atoms with Gasteiger partial charge in [0.15, 0.2) is 0 Å². The van der Waals surface area contributed by atoms with Gasteiger partial charge in [0.05, 0.1) is 6.54 Å². The van der Waals surface area contributed by atoms with Crippen molar-refractivity contribution in [1.29, 1.82) is 0 Å². The largest absolute Gasteiger partial charge is 0.368 e. The Morgan fingerprint density at radius 3 is 2.82 bits per heavy atom. The molecule has 3 rings (SSSR count). The van der Waals surface area contributed by atoms with Gasteiger partial charge >= 0.3 is 0 Å². The molecule has 0 unspecified atom stereocenters. The monoisotopic (exact) mass is 321 g/mol. The number of pyridine rings is 1. The number of aromatic nitrogens is 3. The Balaban J connectivity index is 1.52. The normalized spacial score (nSPS) is 14.9. The first-order valence-electron chi connectivity index (χ1n) is 7.30. The van der Waals surface area contributed by atoms with Gasteiger partial charge in [0.1, 0.15) is 10.7 Å². The second-order valence-electron chi connectivity index (χ2n) is 5.37. The number of hydrogen-bond acceptors (Lipinski definition) is 5. The minimum absolute atomic E-state index is 0.200. The van der Waals surface area contributed by atoms with Crippen LogP contribution in [0.4, 0.5) is 5.82 Å². The Hall–Kier alpha value is -1.93. The number of nitrogens with zero attached hydrogens (tertiary/aromatic N) is 3. The highest BCUT2D eigenvalue weighted by Crippen LogP contribution is 2.28. The number of hydrogen-bond donors (Lipinski definition) is 2. The van der Waals surface area contributed by atoms with Gasteiger partial charge < -0.3 is 5.32 Å². The van der Waals surface area contributed by atoms with Crippen LogP contribution in [-0.4, -0.2) is 36.3 Å². The molecular formula is C14H19N5O2S. The molecule has 1 aliphatic carbocycles. The summed E-state index contributed by atoms with van der Waals surface area (Å²) in [7, 11) is -3.44. The van der Waals surface area contributed by atoms with Crippen molar-refractivity contribution >= 4 is 15.8 Å². The lowest BCUT2D eigenvalue weighted by molar-refractivity contribution is 0.577. The third-order valence-electron chi connectivity index (χ3n) is 3.51. The van der Waals surface area contributed by atoms with Gasteiger partial charge in [-0.3, -0.25) is 4.68 Å². The lowest BCUT2D eigenvalue weighted by Crippen LogP contribution is -2.26. The zero-order valence-electron chi connectivity index (χ0n) is 12.1. The molecule has 0 aromatic carbocycles. The van der Waals surface area contributed by atoms with Crippen LogP contribution in [0.15, 0.2) is 41.7 Å². The van der Waals surface area contributed by atoms with Gasteiger partial charge in [-0.2, -0.15) is 5.10 Å². The Morgan fingerprint density at radius 1 is 1.32 bits per heavy atom. The fraction of sp³-hybridized carbons (Fsp3) is 0.429. The van der Waals surface area contributed by atoms with Gasteiger partial charge in [0, 0.05) is 31.7 Å². The van der Waals surface area contributed by atoms with Crippen LogP contribution in [0.25, 0.3) is 0 Å². The molecule has 2 heterocycles. The molecule has 2 N–H and O–H groups in total. The van der Waals surface area contributed by atoms with Crippen LogP contribution >= 0.6 is 0 Å². The maximum atomic E-state index is 12.1. The van der Waals surface area contributed by atoms with Crippen LogP contribution < -0.4 is 10.0 Å². The summed E-state index contributed by atoms with van der Waals surface area (Å²) in [5, 5.41) is 7.24. The molecule has 0 saturated heterocycles. The molecule has 1 aliphatic rings. The molecule has 0 spiro atoms. The summed E-state index contributed by atoms with van der Waals surface area (Å²) in [6.07, 6.45) is 7.22. The minimum Gasteiger partial charge on any atom is -0.368 e. The number of sulfonamides is 1. The number of anilines is 1. The second-order valence-corrected chi connectivity index (χ2v) is 7.14. The van der Waals surface area contributed by atoms with Crippen LogP contribution in [0.1, 0.15) is 12.8 Å². The highest BCUT2D eigenvalue weighted by atomic mass is 32.2. The Labute approximate surface area is 129 Å². The van der Waals surface area contributed by atoms with E-state index in [4.69, 9.17) is 0 Å². The molecule has 0 radical (unpaired) electrons. The highest BCUT2D eigenvalue weighted by Gasteiger charge is 2.24. The highest BCUT2D eigenvalue weighted by molar-refractivity contribution is 7.89. The van der Waals surface area contributed by atoms with E-state index in [1.807, 2.05) is 16.9 Å². The zero-order chi connectivity index (χ0) is 15.4. The molecule has 7 nitrogen and oxygen atoms in total. The SMILES string of the molecule is O=S(=O)(NCC1CC1)c1ccc(NCCn2cccn2)nc1. The zero-order valence-corrected chi connectivity index (χ0v) is 13.0. The van der Waals surface area contributed by atoms with Crippen molar-refractivity contribution in [3.63, 3.8) is 0 Å². The van der Waals surface area contributed by atoms with E-state index in [-0.39, 0.29) is 4.90 Å². The molecule has 22 heavy (non-hydrogen) atoms. The van der Waals surface area contributed by atoms with Crippen molar-refractivity contribution in [3.05, 3.63) is 36.8 Å². The smallest absolute Gasteiger partial charge is 0.242 e. The third kappa shape index (κ3) is 4.05. The second kappa shape index (κ2) is 6.45. The average molecular weight is 321 g/mol. The van der Waals surface area contributed by atoms with E-state index in [9.17, 15) is 8.42 Å². The van der Waals surface area contributed by atoms with E-state index in [0.29, 0.717) is 24.8 Å². The molecule has 2 aromatic heterocycles. The molecule has 118 valence electrons. The molecular weight excluding hydrogens is 302 g/mol. The van der Waals surface area contributed by atoms with Gasteiger partial charge in [-0.15, -0.1) is 0 Å². The van der Waals surface area contributed by atoms with Crippen LogP contribution in [0.5, 0.6) is 0 Å². The molecule has 1 saturated carbocycles. The lowest BCUT2D eigenvalue weighted by Gasteiger charge is -2.08. The van der Waals surface area contributed by atoms with Gasteiger partial charge in [0.2, 0.25) is 10.0 Å². The van der Waals surface area contributed by atoms with E-state index in [1.54, 1.807) is 18.3 Å². The van der Waals surface area contributed by atoms with E-state index in [0.717, 1.165) is 19.4 Å². The molecule has 0 atom stereocenters. The molecule has 8 heteroatoms. The van der Waals surface area contributed by atoms with E-state index >= 15 is 0 Å². The van der Waals surface area contributed by atoms with Gasteiger partial charge in [-0.25, -0.2) is 18.1 Å². The first-order valence-corrected chi connectivity index (χ1v) is 8.79. The average Bonchev–Trinajstić information content (AvgIpc) is 3.21. The van der Waals surface area contributed by atoms with Crippen molar-refractivity contribution < 1.29 is 8.42 Å². The Kier molecular flexibility index (Phi) is 4.39. The fourth-order valence-corrected chi connectivity index (χ4v) is 3.07. The van der Waals surface area contributed by atoms with Crippen molar-refractivity contribution in [2.45, 2.75) is 24.3 Å². The predicted molar refractivity (Wildman–Crippen MR) is 82.9 cm³/mol. The summed E-state index contributed by atoms with van der Waals surface area (Å²) >= 11 is 0. The summed E-state index contributed by atoms with van der Waals surface area (Å²) in [6, 6.07) is 5.11. The summed E-state index contributed by atoms with van der Waals surface area (Å²) in [6.45, 7) is 1.91. The van der Waals surface area contributed by atoms with E-state index < -0.39 is 10.0 Å². The van der Waals surface area contributed by atoms with E-state index in [2.05, 4.69) is 20.1 Å². The fourth-order valence-electron chi connectivity index (χ4n) is 2.01. The standard InChI is InChI=1S/C14H19N5O2S/c20-22(21,18-10-12-2-3-12)13-4-5-14(16-11-13)15-7-9-19-8-1-6-17-19/h1,4-6,8,11-12,18H,2-3,7,9-10H2,(H,15,16). The molecule has 0 bridgehead atoms. The summed E-state index contributed by atoms with van der Waals surface area (Å²) in [5.74, 6) is 1.15. The number of nitrogens with one attached hydrogen (secondary N) is 2. The quantitative estimate of drug-likeness (QED) is 0.759. The molecule has 1 fully saturated rings.